The zero-order chi connectivity index (χ0) is 19.3. The predicted molar refractivity (Wildman–Crippen MR) is 104 cm³/mol. The van der Waals surface area contributed by atoms with E-state index in [1.807, 2.05) is 67.6 Å². The van der Waals surface area contributed by atoms with Crippen molar-refractivity contribution in [2.45, 2.75) is 38.4 Å². The highest BCUT2D eigenvalue weighted by Gasteiger charge is 2.51. The molecule has 5 heteroatoms. The zero-order valence-corrected chi connectivity index (χ0v) is 15.9. The van der Waals surface area contributed by atoms with Gasteiger partial charge in [0.25, 0.3) is 0 Å². The van der Waals surface area contributed by atoms with E-state index in [9.17, 15) is 9.59 Å². The van der Waals surface area contributed by atoms with Crippen LogP contribution in [0, 0.1) is 0 Å². The number of nitrogens with one attached hydrogen (secondary N) is 1. The first-order valence-corrected chi connectivity index (χ1v) is 9.36. The molecule has 2 atom stereocenters. The van der Waals surface area contributed by atoms with Crippen LogP contribution < -0.4 is 5.32 Å². The van der Waals surface area contributed by atoms with Crippen LogP contribution in [-0.2, 0) is 20.9 Å². The lowest BCUT2D eigenvalue weighted by atomic mass is 9.97. The maximum absolute atomic E-state index is 12.8. The normalized spacial score (nSPS) is 20.5. The Kier molecular flexibility index (Phi) is 5.91. The number of benzene rings is 2. The highest BCUT2D eigenvalue weighted by molar-refractivity contribution is 5.93. The minimum absolute atomic E-state index is 0.0417. The van der Waals surface area contributed by atoms with Gasteiger partial charge in [0.15, 0.2) is 0 Å². The molecule has 1 amide bonds. The lowest BCUT2D eigenvalue weighted by Gasteiger charge is -2.30. The van der Waals surface area contributed by atoms with Gasteiger partial charge in [-0.05, 0) is 25.0 Å². The van der Waals surface area contributed by atoms with Crippen molar-refractivity contribution in [3.05, 3.63) is 71.8 Å². The smallest absolute Gasteiger partial charge is 0.328 e. The summed E-state index contributed by atoms with van der Waals surface area (Å²) in [6.07, 6.45) is 0.107. The Bertz CT molecular complexity index is 779. The van der Waals surface area contributed by atoms with Crippen LogP contribution in [0.2, 0.25) is 0 Å². The summed E-state index contributed by atoms with van der Waals surface area (Å²) >= 11 is 0. The molecule has 0 aromatic heterocycles. The van der Waals surface area contributed by atoms with E-state index in [-0.39, 0.29) is 30.9 Å². The summed E-state index contributed by atoms with van der Waals surface area (Å²) in [5.74, 6) is -0.406. The molecule has 27 heavy (non-hydrogen) atoms. The van der Waals surface area contributed by atoms with Crippen molar-refractivity contribution >= 4 is 11.9 Å². The van der Waals surface area contributed by atoms with Gasteiger partial charge in [-0.15, -0.1) is 0 Å². The Balaban J connectivity index is 1.81. The fourth-order valence-corrected chi connectivity index (χ4v) is 3.52. The number of carbonyl (C=O) groups is 2. The maximum Gasteiger partial charge on any atom is 0.328 e. The molecule has 0 aliphatic carbocycles. The molecule has 0 saturated carbocycles. The van der Waals surface area contributed by atoms with Crippen molar-refractivity contribution in [1.82, 2.24) is 10.2 Å². The number of likely N-dealkylation sites (tertiary alicyclic amines) is 1. The van der Waals surface area contributed by atoms with Crippen LogP contribution in [0.25, 0.3) is 0 Å². The van der Waals surface area contributed by atoms with E-state index in [0.717, 1.165) is 11.1 Å². The van der Waals surface area contributed by atoms with E-state index in [1.54, 1.807) is 11.8 Å². The van der Waals surface area contributed by atoms with Gasteiger partial charge in [0.05, 0.1) is 25.6 Å². The fourth-order valence-electron chi connectivity index (χ4n) is 3.52. The van der Waals surface area contributed by atoms with Gasteiger partial charge >= 0.3 is 5.97 Å². The Morgan fingerprint density at radius 2 is 1.78 bits per heavy atom. The van der Waals surface area contributed by atoms with Crippen molar-refractivity contribution < 1.29 is 14.3 Å². The monoisotopic (exact) mass is 366 g/mol. The second kappa shape index (κ2) is 8.35. The summed E-state index contributed by atoms with van der Waals surface area (Å²) in [6.45, 7) is 4.86. The number of rotatable bonds is 7. The molecule has 0 bridgehead atoms. The molecule has 0 radical (unpaired) electrons. The molecule has 1 N–H and O–H groups in total. The molecule has 1 fully saturated rings. The number of hydrogen-bond acceptors (Lipinski definition) is 4. The first-order valence-electron chi connectivity index (χ1n) is 9.36. The van der Waals surface area contributed by atoms with Gasteiger partial charge in [0, 0.05) is 6.54 Å². The van der Waals surface area contributed by atoms with Gasteiger partial charge < -0.3 is 9.64 Å². The SMILES string of the molecule is CCOC(=O)[C@]1(NCc2ccccc2)CC(=O)N([C@H](C)c2ccccc2)C1. The predicted octanol–water partition coefficient (Wildman–Crippen LogP) is 3.07. The number of amides is 1. The number of ether oxygens (including phenoxy) is 1. The fraction of sp³-hybridized carbons (Fsp3) is 0.364. The average Bonchev–Trinajstić information content (AvgIpc) is 3.05. The quantitative estimate of drug-likeness (QED) is 0.765. The zero-order valence-electron chi connectivity index (χ0n) is 15.9. The summed E-state index contributed by atoms with van der Waals surface area (Å²) in [7, 11) is 0. The third kappa shape index (κ3) is 4.19. The largest absolute Gasteiger partial charge is 0.465 e. The van der Waals surface area contributed by atoms with Gasteiger partial charge in [-0.25, -0.2) is 4.79 Å². The second-order valence-electron chi connectivity index (χ2n) is 6.93. The van der Waals surface area contributed by atoms with Crippen LogP contribution in [0.3, 0.4) is 0 Å². The maximum atomic E-state index is 12.8. The molecular weight excluding hydrogens is 340 g/mol. The topological polar surface area (TPSA) is 58.6 Å². The molecular formula is C22H26N2O3. The molecule has 0 unspecified atom stereocenters. The van der Waals surface area contributed by atoms with Crippen LogP contribution >= 0.6 is 0 Å². The van der Waals surface area contributed by atoms with Crippen LogP contribution in [0.4, 0.5) is 0 Å². The Morgan fingerprint density at radius 1 is 1.15 bits per heavy atom. The Labute approximate surface area is 160 Å². The minimum Gasteiger partial charge on any atom is -0.465 e. The first-order chi connectivity index (χ1) is 13.1. The number of esters is 1. The number of hydrogen-bond donors (Lipinski definition) is 1. The van der Waals surface area contributed by atoms with Crippen LogP contribution in [-0.4, -0.2) is 35.5 Å². The first kappa shape index (κ1) is 19.1. The average molecular weight is 366 g/mol. The van der Waals surface area contributed by atoms with Gasteiger partial charge in [0.2, 0.25) is 5.91 Å². The van der Waals surface area contributed by atoms with Crippen molar-refractivity contribution in [1.29, 1.82) is 0 Å². The summed E-state index contributed by atoms with van der Waals surface area (Å²) in [5.41, 5.74) is 1.09. The molecule has 1 aliphatic heterocycles. The van der Waals surface area contributed by atoms with Gasteiger partial charge in [0.1, 0.15) is 5.54 Å². The van der Waals surface area contributed by atoms with Crippen molar-refractivity contribution in [2.24, 2.45) is 0 Å². The molecule has 2 aromatic rings. The van der Waals surface area contributed by atoms with Gasteiger partial charge in [-0.3, -0.25) is 10.1 Å². The lowest BCUT2D eigenvalue weighted by Crippen LogP contribution is -2.54. The number of carbonyl (C=O) groups excluding carboxylic acids is 2. The molecule has 142 valence electrons. The van der Waals surface area contributed by atoms with Crippen LogP contribution in [0.15, 0.2) is 60.7 Å². The van der Waals surface area contributed by atoms with Crippen molar-refractivity contribution in [3.8, 4) is 0 Å². The van der Waals surface area contributed by atoms with E-state index in [0.29, 0.717) is 13.1 Å². The molecule has 2 aromatic carbocycles. The summed E-state index contributed by atoms with van der Waals surface area (Å²) < 4.78 is 5.32. The number of nitrogens with zero attached hydrogens (tertiary/aromatic N) is 1. The van der Waals surface area contributed by atoms with E-state index < -0.39 is 5.54 Å². The minimum atomic E-state index is -1.02. The van der Waals surface area contributed by atoms with Crippen molar-refractivity contribution in [2.75, 3.05) is 13.2 Å². The van der Waals surface area contributed by atoms with Gasteiger partial charge in [-0.2, -0.15) is 0 Å². The third-order valence-corrected chi connectivity index (χ3v) is 5.10. The second-order valence-corrected chi connectivity index (χ2v) is 6.93. The Hall–Kier alpha value is -2.66. The standard InChI is InChI=1S/C22H26N2O3/c1-3-27-21(26)22(23-15-18-10-6-4-7-11-18)14-20(25)24(16-22)17(2)19-12-8-5-9-13-19/h4-13,17,23H,3,14-16H2,1-2H3/t17-,22+/m1/s1. The summed E-state index contributed by atoms with van der Waals surface area (Å²) in [4.78, 5) is 27.3. The molecule has 0 spiro atoms. The molecule has 1 heterocycles. The molecule has 1 aliphatic rings. The van der Waals surface area contributed by atoms with Crippen LogP contribution in [0.1, 0.15) is 37.4 Å². The van der Waals surface area contributed by atoms with Gasteiger partial charge in [-0.1, -0.05) is 60.7 Å². The van der Waals surface area contributed by atoms with Crippen LogP contribution in [0.5, 0.6) is 0 Å². The molecule has 3 rings (SSSR count). The van der Waals surface area contributed by atoms with E-state index in [4.69, 9.17) is 4.74 Å². The molecule has 1 saturated heterocycles. The highest BCUT2D eigenvalue weighted by Crippen LogP contribution is 2.32. The third-order valence-electron chi connectivity index (χ3n) is 5.10. The van der Waals surface area contributed by atoms with E-state index in [2.05, 4.69) is 5.32 Å². The summed E-state index contributed by atoms with van der Waals surface area (Å²) in [6, 6.07) is 19.6. The molecule has 5 nitrogen and oxygen atoms in total. The Morgan fingerprint density at radius 3 is 2.41 bits per heavy atom. The summed E-state index contributed by atoms with van der Waals surface area (Å²) in [5, 5.41) is 3.33. The van der Waals surface area contributed by atoms with Crippen molar-refractivity contribution in [3.63, 3.8) is 0 Å². The lowest BCUT2D eigenvalue weighted by molar-refractivity contribution is -0.151. The highest BCUT2D eigenvalue weighted by atomic mass is 16.5. The van der Waals surface area contributed by atoms with E-state index >= 15 is 0 Å². The van der Waals surface area contributed by atoms with E-state index in [1.165, 1.54) is 0 Å².